The second kappa shape index (κ2) is 10.3. The van der Waals surface area contributed by atoms with E-state index in [0.717, 1.165) is 31.2 Å². The van der Waals surface area contributed by atoms with Crippen molar-refractivity contribution in [1.82, 2.24) is 15.2 Å². The van der Waals surface area contributed by atoms with Gasteiger partial charge in [0.25, 0.3) is 0 Å². The largest absolute Gasteiger partial charge is 0.351 e. The van der Waals surface area contributed by atoms with Gasteiger partial charge in [-0.3, -0.25) is 14.6 Å². The molecule has 3 rings (SSSR count). The Hall–Kier alpha value is -2.47. The van der Waals surface area contributed by atoms with E-state index in [9.17, 15) is 14.0 Å². The summed E-state index contributed by atoms with van der Waals surface area (Å²) in [7, 11) is 0. The van der Waals surface area contributed by atoms with Gasteiger partial charge in [-0.2, -0.15) is 0 Å². The lowest BCUT2D eigenvalue weighted by molar-refractivity contribution is -0.140. The normalized spacial score (nSPS) is 15.5. The molecule has 1 aromatic heterocycles. The number of benzene rings is 1. The van der Waals surface area contributed by atoms with Gasteiger partial charge in [0.1, 0.15) is 17.7 Å². The monoisotopic (exact) mass is 417 g/mol. The van der Waals surface area contributed by atoms with E-state index in [4.69, 9.17) is 11.6 Å². The fourth-order valence-electron chi connectivity index (χ4n) is 3.73. The van der Waals surface area contributed by atoms with Gasteiger partial charge >= 0.3 is 0 Å². The van der Waals surface area contributed by atoms with Crippen molar-refractivity contribution in [2.24, 2.45) is 0 Å². The SMILES string of the molecule is O=C(NC1CCCCC1)C(c1ccncc1)N(Cc1ccc(F)cc1)C(=O)CCl. The smallest absolute Gasteiger partial charge is 0.247 e. The van der Waals surface area contributed by atoms with Crippen LogP contribution in [0.3, 0.4) is 0 Å². The van der Waals surface area contributed by atoms with Crippen LogP contribution in [0.1, 0.15) is 49.3 Å². The van der Waals surface area contributed by atoms with Crippen LogP contribution in [0.2, 0.25) is 0 Å². The Morgan fingerprint density at radius 2 is 1.76 bits per heavy atom. The maximum Gasteiger partial charge on any atom is 0.247 e. The summed E-state index contributed by atoms with van der Waals surface area (Å²) in [6.45, 7) is 0.150. The van der Waals surface area contributed by atoms with Crippen LogP contribution in [-0.4, -0.2) is 33.6 Å². The Labute approximate surface area is 175 Å². The fourth-order valence-corrected chi connectivity index (χ4v) is 3.89. The number of alkyl halides is 1. The molecule has 1 fully saturated rings. The van der Waals surface area contributed by atoms with Crippen LogP contribution in [0.5, 0.6) is 0 Å². The number of rotatable bonds is 7. The quantitative estimate of drug-likeness (QED) is 0.693. The first-order valence-corrected chi connectivity index (χ1v) is 10.4. The van der Waals surface area contributed by atoms with Crippen molar-refractivity contribution in [3.63, 3.8) is 0 Å². The highest BCUT2D eigenvalue weighted by Gasteiger charge is 2.32. The minimum atomic E-state index is -0.837. The molecule has 7 heteroatoms. The maximum atomic E-state index is 13.3. The molecule has 1 N–H and O–H groups in total. The molecule has 29 heavy (non-hydrogen) atoms. The lowest BCUT2D eigenvalue weighted by Gasteiger charge is -2.33. The molecule has 5 nitrogen and oxygen atoms in total. The van der Waals surface area contributed by atoms with Gasteiger partial charge < -0.3 is 10.2 Å². The van der Waals surface area contributed by atoms with E-state index in [1.807, 2.05) is 0 Å². The molecule has 1 atom stereocenters. The third-order valence-corrected chi connectivity index (χ3v) is 5.46. The van der Waals surface area contributed by atoms with Crippen LogP contribution in [0.15, 0.2) is 48.8 Å². The Morgan fingerprint density at radius 1 is 1.10 bits per heavy atom. The van der Waals surface area contributed by atoms with E-state index in [1.54, 1.807) is 36.7 Å². The van der Waals surface area contributed by atoms with Crippen molar-refractivity contribution in [3.8, 4) is 0 Å². The predicted molar refractivity (Wildman–Crippen MR) is 110 cm³/mol. The summed E-state index contributed by atoms with van der Waals surface area (Å²) in [5.41, 5.74) is 1.38. The molecule has 1 aromatic carbocycles. The third-order valence-electron chi connectivity index (χ3n) is 5.23. The molecule has 2 amide bonds. The maximum absolute atomic E-state index is 13.3. The highest BCUT2D eigenvalue weighted by molar-refractivity contribution is 6.27. The van der Waals surface area contributed by atoms with Crippen molar-refractivity contribution in [1.29, 1.82) is 0 Å². The van der Waals surface area contributed by atoms with E-state index < -0.39 is 6.04 Å². The van der Waals surface area contributed by atoms with Crippen molar-refractivity contribution in [2.75, 3.05) is 5.88 Å². The molecule has 0 bridgehead atoms. The minimum absolute atomic E-state index is 0.111. The van der Waals surface area contributed by atoms with Crippen LogP contribution in [0, 0.1) is 5.82 Å². The van der Waals surface area contributed by atoms with Gasteiger partial charge in [0.2, 0.25) is 11.8 Å². The molecule has 154 valence electrons. The number of pyridine rings is 1. The topological polar surface area (TPSA) is 62.3 Å². The number of carbonyl (C=O) groups excluding carboxylic acids is 2. The van der Waals surface area contributed by atoms with Gasteiger partial charge in [0, 0.05) is 25.0 Å². The molecule has 1 unspecified atom stereocenters. The highest BCUT2D eigenvalue weighted by Crippen LogP contribution is 2.25. The molecular weight excluding hydrogens is 393 g/mol. The number of hydrogen-bond donors (Lipinski definition) is 1. The first kappa shape index (κ1) is 21.2. The van der Waals surface area contributed by atoms with Gasteiger partial charge in [0.15, 0.2) is 0 Å². The van der Waals surface area contributed by atoms with Crippen LogP contribution in [0.25, 0.3) is 0 Å². The van der Waals surface area contributed by atoms with Gasteiger partial charge in [-0.1, -0.05) is 31.4 Å². The first-order valence-electron chi connectivity index (χ1n) is 9.88. The lowest BCUT2D eigenvalue weighted by atomic mass is 9.94. The van der Waals surface area contributed by atoms with Crippen molar-refractivity contribution < 1.29 is 14.0 Å². The summed E-state index contributed by atoms with van der Waals surface area (Å²) in [4.78, 5) is 31.5. The van der Waals surface area contributed by atoms with Crippen LogP contribution >= 0.6 is 11.6 Å². The zero-order chi connectivity index (χ0) is 20.6. The Bertz CT molecular complexity index is 811. The number of hydrogen-bond acceptors (Lipinski definition) is 3. The first-order chi connectivity index (χ1) is 14.1. The van der Waals surface area contributed by atoms with E-state index in [1.165, 1.54) is 23.5 Å². The number of halogens is 2. The van der Waals surface area contributed by atoms with Crippen molar-refractivity contribution in [2.45, 2.75) is 50.7 Å². The van der Waals surface area contributed by atoms with Gasteiger partial charge in [-0.25, -0.2) is 4.39 Å². The highest BCUT2D eigenvalue weighted by atomic mass is 35.5. The summed E-state index contributed by atoms with van der Waals surface area (Å²) in [5.74, 6) is -1.20. The molecule has 1 aliphatic rings. The molecule has 0 saturated heterocycles. The number of nitrogens with one attached hydrogen (secondary N) is 1. The Balaban J connectivity index is 1.90. The van der Waals surface area contributed by atoms with E-state index >= 15 is 0 Å². The van der Waals surface area contributed by atoms with E-state index in [0.29, 0.717) is 5.56 Å². The molecule has 2 aromatic rings. The lowest BCUT2D eigenvalue weighted by Crippen LogP contribution is -2.47. The zero-order valence-electron chi connectivity index (χ0n) is 16.2. The zero-order valence-corrected chi connectivity index (χ0v) is 16.9. The van der Waals surface area contributed by atoms with Gasteiger partial charge in [0.05, 0.1) is 0 Å². The minimum Gasteiger partial charge on any atom is -0.351 e. The third kappa shape index (κ3) is 5.76. The molecular formula is C22H25ClFN3O2. The van der Waals surface area contributed by atoms with E-state index in [2.05, 4.69) is 10.3 Å². The molecule has 0 radical (unpaired) electrons. The summed E-state index contributed by atoms with van der Waals surface area (Å²) in [5, 5.41) is 3.12. The van der Waals surface area contributed by atoms with Crippen LogP contribution in [-0.2, 0) is 16.1 Å². The Morgan fingerprint density at radius 3 is 2.38 bits per heavy atom. The van der Waals surface area contributed by atoms with Crippen molar-refractivity contribution in [3.05, 3.63) is 65.7 Å². The van der Waals surface area contributed by atoms with E-state index in [-0.39, 0.29) is 36.1 Å². The van der Waals surface area contributed by atoms with Gasteiger partial charge in [-0.05, 0) is 48.2 Å². The summed E-state index contributed by atoms with van der Waals surface area (Å²) in [6.07, 6.45) is 8.43. The standard InChI is InChI=1S/C22H25ClFN3O2/c23-14-20(28)27(15-16-6-8-18(24)9-7-16)21(17-10-12-25-13-11-17)22(29)26-19-4-2-1-3-5-19/h6-13,19,21H,1-5,14-15H2,(H,26,29). The summed E-state index contributed by atoms with van der Waals surface area (Å²) in [6, 6.07) is 8.61. The average Bonchev–Trinajstić information content (AvgIpc) is 2.75. The average molecular weight is 418 g/mol. The van der Waals surface area contributed by atoms with Crippen molar-refractivity contribution >= 4 is 23.4 Å². The number of amides is 2. The summed E-state index contributed by atoms with van der Waals surface area (Å²) < 4.78 is 13.3. The van der Waals surface area contributed by atoms with Crippen LogP contribution < -0.4 is 5.32 Å². The molecule has 1 aliphatic carbocycles. The number of nitrogens with zero attached hydrogens (tertiary/aromatic N) is 2. The predicted octanol–water partition coefficient (Wildman–Crippen LogP) is 3.98. The Kier molecular flexibility index (Phi) is 7.58. The molecule has 0 aliphatic heterocycles. The second-order valence-corrected chi connectivity index (χ2v) is 7.58. The molecule has 1 saturated carbocycles. The summed E-state index contributed by atoms with van der Waals surface area (Å²) >= 11 is 5.87. The number of aromatic nitrogens is 1. The van der Waals surface area contributed by atoms with Crippen LogP contribution in [0.4, 0.5) is 4.39 Å². The molecule has 0 spiro atoms. The molecule has 1 heterocycles. The number of carbonyl (C=O) groups is 2. The fraction of sp³-hybridized carbons (Fsp3) is 0.409. The second-order valence-electron chi connectivity index (χ2n) is 7.31. The van der Waals surface area contributed by atoms with Gasteiger partial charge in [-0.15, -0.1) is 11.6 Å².